The highest BCUT2D eigenvalue weighted by atomic mass is 35.5. The maximum Gasteiger partial charge on any atom is 0.262 e. The Kier molecular flexibility index (Phi) is 4.51. The van der Waals surface area contributed by atoms with Gasteiger partial charge in [-0.3, -0.25) is 4.79 Å². The van der Waals surface area contributed by atoms with E-state index in [0.29, 0.717) is 22.4 Å². The monoisotopic (exact) mass is 346 g/mol. The molecular formula is C16H11ClN2O3S. The van der Waals surface area contributed by atoms with Crippen LogP contribution in [-0.4, -0.2) is 12.7 Å². The summed E-state index contributed by atoms with van der Waals surface area (Å²) in [5.41, 5.74) is 0.892. The van der Waals surface area contributed by atoms with E-state index in [9.17, 15) is 4.79 Å². The summed E-state index contributed by atoms with van der Waals surface area (Å²) in [6.45, 7) is 0.496. The van der Waals surface area contributed by atoms with Gasteiger partial charge in [0.1, 0.15) is 11.6 Å². The van der Waals surface area contributed by atoms with Crippen LogP contribution in [0.3, 0.4) is 0 Å². The van der Waals surface area contributed by atoms with Crippen LogP contribution in [0.2, 0.25) is 4.34 Å². The zero-order chi connectivity index (χ0) is 16.2. The number of hydrogen-bond donors (Lipinski definition) is 1. The summed E-state index contributed by atoms with van der Waals surface area (Å²) < 4.78 is 11.1. The number of nitriles is 1. The lowest BCUT2D eigenvalue weighted by Crippen LogP contribution is -2.23. The summed E-state index contributed by atoms with van der Waals surface area (Å²) in [6.07, 6.45) is 1.52. The predicted octanol–water partition coefficient (Wildman–Crippen LogP) is 3.35. The Morgan fingerprint density at radius 2 is 2.17 bits per heavy atom. The summed E-state index contributed by atoms with van der Waals surface area (Å²) >= 11 is 7.14. The molecule has 1 amide bonds. The minimum absolute atomic E-state index is 0.0317. The van der Waals surface area contributed by atoms with Crippen LogP contribution in [0.4, 0.5) is 0 Å². The summed E-state index contributed by atoms with van der Waals surface area (Å²) in [5.74, 6) is 0.906. The lowest BCUT2D eigenvalue weighted by molar-refractivity contribution is -0.117. The first-order valence-electron chi connectivity index (χ1n) is 6.69. The molecule has 0 unspecified atom stereocenters. The molecule has 7 heteroatoms. The van der Waals surface area contributed by atoms with Gasteiger partial charge in [0.05, 0.1) is 4.34 Å². The molecule has 0 saturated heterocycles. The van der Waals surface area contributed by atoms with Crippen molar-refractivity contribution in [3.8, 4) is 17.6 Å². The number of halogens is 1. The predicted molar refractivity (Wildman–Crippen MR) is 87.3 cm³/mol. The van der Waals surface area contributed by atoms with Crippen molar-refractivity contribution in [2.24, 2.45) is 0 Å². The van der Waals surface area contributed by atoms with Gasteiger partial charge in [-0.2, -0.15) is 5.26 Å². The molecule has 0 bridgehead atoms. The van der Waals surface area contributed by atoms with Crippen molar-refractivity contribution in [3.63, 3.8) is 0 Å². The molecule has 2 aromatic rings. The van der Waals surface area contributed by atoms with Crippen molar-refractivity contribution in [1.29, 1.82) is 5.26 Å². The molecule has 1 aliphatic heterocycles. The van der Waals surface area contributed by atoms with Crippen LogP contribution < -0.4 is 14.8 Å². The average molecular weight is 347 g/mol. The fourth-order valence-corrected chi connectivity index (χ4v) is 3.03. The molecule has 1 aromatic carbocycles. The van der Waals surface area contributed by atoms with E-state index in [1.165, 1.54) is 17.4 Å². The number of fused-ring (bicyclic) bond motifs is 1. The van der Waals surface area contributed by atoms with Gasteiger partial charge in [0, 0.05) is 11.4 Å². The lowest BCUT2D eigenvalue weighted by atomic mass is 10.2. The van der Waals surface area contributed by atoms with Crippen molar-refractivity contribution in [2.75, 3.05) is 6.79 Å². The second-order valence-electron chi connectivity index (χ2n) is 4.68. The molecule has 0 atom stereocenters. The number of ether oxygens (including phenoxy) is 2. The maximum absolute atomic E-state index is 12.1. The van der Waals surface area contributed by atoms with Crippen molar-refractivity contribution >= 4 is 34.9 Å². The van der Waals surface area contributed by atoms with Crippen LogP contribution >= 0.6 is 22.9 Å². The third-order valence-electron chi connectivity index (χ3n) is 3.14. The summed E-state index contributed by atoms with van der Waals surface area (Å²) in [6, 6.07) is 10.8. The minimum Gasteiger partial charge on any atom is -0.454 e. The Balaban J connectivity index is 1.66. The molecule has 5 nitrogen and oxygen atoms in total. The number of carbonyl (C=O) groups excluding carboxylic acids is 1. The fraction of sp³-hybridized carbons (Fsp3) is 0.125. The van der Waals surface area contributed by atoms with Crippen molar-refractivity contribution in [2.45, 2.75) is 6.54 Å². The summed E-state index contributed by atoms with van der Waals surface area (Å²) in [7, 11) is 0. The van der Waals surface area contributed by atoms with E-state index in [-0.39, 0.29) is 12.4 Å². The van der Waals surface area contributed by atoms with E-state index in [0.717, 1.165) is 10.4 Å². The Bertz CT molecular complexity index is 823. The number of thiophene rings is 1. The minimum atomic E-state index is -0.435. The highest BCUT2D eigenvalue weighted by Crippen LogP contribution is 2.32. The highest BCUT2D eigenvalue weighted by Gasteiger charge is 2.14. The topological polar surface area (TPSA) is 71.4 Å². The van der Waals surface area contributed by atoms with Gasteiger partial charge < -0.3 is 14.8 Å². The molecule has 0 fully saturated rings. The van der Waals surface area contributed by atoms with Gasteiger partial charge >= 0.3 is 0 Å². The second kappa shape index (κ2) is 6.73. The van der Waals surface area contributed by atoms with Gasteiger partial charge in [-0.1, -0.05) is 17.7 Å². The fourth-order valence-electron chi connectivity index (χ4n) is 2.03. The van der Waals surface area contributed by atoms with E-state index in [1.807, 2.05) is 12.1 Å². The molecule has 1 aromatic heterocycles. The third-order valence-corrected chi connectivity index (χ3v) is 4.31. The Labute approximate surface area is 141 Å². The third kappa shape index (κ3) is 3.65. The molecule has 23 heavy (non-hydrogen) atoms. The first-order valence-corrected chi connectivity index (χ1v) is 7.89. The van der Waals surface area contributed by atoms with Crippen LogP contribution in [-0.2, 0) is 11.3 Å². The van der Waals surface area contributed by atoms with Crippen molar-refractivity contribution in [3.05, 3.63) is 50.7 Å². The molecule has 0 radical (unpaired) electrons. The molecule has 2 heterocycles. The number of hydrogen-bond acceptors (Lipinski definition) is 5. The standard InChI is InChI=1S/C16H11ClN2O3S/c17-15-4-2-12(23-15)6-11(7-18)16(20)19-8-10-1-3-13-14(5-10)22-9-21-13/h1-6H,8-9H2,(H,19,20). The van der Waals surface area contributed by atoms with Crippen LogP contribution in [0.5, 0.6) is 11.5 Å². The number of nitrogens with one attached hydrogen (secondary N) is 1. The van der Waals surface area contributed by atoms with Crippen LogP contribution in [0.15, 0.2) is 35.9 Å². The Morgan fingerprint density at radius 1 is 1.35 bits per heavy atom. The van der Waals surface area contributed by atoms with Gasteiger partial charge in [0.2, 0.25) is 6.79 Å². The molecule has 0 spiro atoms. The average Bonchev–Trinajstić information content (AvgIpc) is 3.18. The van der Waals surface area contributed by atoms with Crippen LogP contribution in [0.1, 0.15) is 10.4 Å². The largest absolute Gasteiger partial charge is 0.454 e. The maximum atomic E-state index is 12.1. The molecule has 1 N–H and O–H groups in total. The van der Waals surface area contributed by atoms with Crippen LogP contribution in [0, 0.1) is 11.3 Å². The number of rotatable bonds is 4. The normalized spacial score (nSPS) is 12.8. The molecule has 0 aliphatic carbocycles. The van der Waals surface area contributed by atoms with Gasteiger partial charge in [-0.15, -0.1) is 11.3 Å². The number of benzene rings is 1. The molecule has 0 saturated carbocycles. The van der Waals surface area contributed by atoms with Gasteiger partial charge in [-0.25, -0.2) is 0 Å². The van der Waals surface area contributed by atoms with Crippen molar-refractivity contribution in [1.82, 2.24) is 5.32 Å². The van der Waals surface area contributed by atoms with E-state index in [2.05, 4.69) is 5.32 Å². The number of carbonyl (C=O) groups is 1. The summed E-state index contributed by atoms with van der Waals surface area (Å²) in [4.78, 5) is 12.9. The first-order chi connectivity index (χ1) is 11.2. The summed E-state index contributed by atoms with van der Waals surface area (Å²) in [5, 5.41) is 11.9. The highest BCUT2D eigenvalue weighted by molar-refractivity contribution is 7.17. The number of amides is 1. The second-order valence-corrected chi connectivity index (χ2v) is 6.43. The molecular weight excluding hydrogens is 336 g/mol. The van der Waals surface area contributed by atoms with Crippen molar-refractivity contribution < 1.29 is 14.3 Å². The van der Waals surface area contributed by atoms with Gasteiger partial charge in [-0.05, 0) is 35.9 Å². The van der Waals surface area contributed by atoms with E-state index in [4.69, 9.17) is 26.3 Å². The molecule has 116 valence electrons. The Hall–Kier alpha value is -2.49. The lowest BCUT2D eigenvalue weighted by Gasteiger charge is -2.05. The van der Waals surface area contributed by atoms with E-state index >= 15 is 0 Å². The SMILES string of the molecule is N#CC(=Cc1ccc(Cl)s1)C(=O)NCc1ccc2c(c1)OCO2. The van der Waals surface area contributed by atoms with E-state index < -0.39 is 5.91 Å². The first kappa shape index (κ1) is 15.4. The zero-order valence-electron chi connectivity index (χ0n) is 11.8. The molecule has 1 aliphatic rings. The number of nitrogens with zero attached hydrogens (tertiary/aromatic N) is 1. The smallest absolute Gasteiger partial charge is 0.262 e. The van der Waals surface area contributed by atoms with Gasteiger partial charge in [0.25, 0.3) is 5.91 Å². The van der Waals surface area contributed by atoms with Gasteiger partial charge in [0.15, 0.2) is 11.5 Å². The zero-order valence-corrected chi connectivity index (χ0v) is 13.4. The molecule has 3 rings (SSSR count). The van der Waals surface area contributed by atoms with Crippen LogP contribution in [0.25, 0.3) is 6.08 Å². The quantitative estimate of drug-likeness (QED) is 0.680. The van der Waals surface area contributed by atoms with E-state index in [1.54, 1.807) is 24.3 Å². The Morgan fingerprint density at radius 3 is 2.91 bits per heavy atom.